The predicted octanol–water partition coefficient (Wildman–Crippen LogP) is -0.130. The minimum atomic E-state index is -0.695. The van der Waals surface area contributed by atoms with Gasteiger partial charge >= 0.3 is 0 Å². The molecule has 1 aromatic rings. The van der Waals surface area contributed by atoms with E-state index in [4.69, 9.17) is 4.74 Å². The molecule has 3 fully saturated rings. The van der Waals surface area contributed by atoms with Gasteiger partial charge in [0.25, 0.3) is 11.8 Å². The van der Waals surface area contributed by atoms with Crippen LogP contribution in [0.2, 0.25) is 0 Å². The number of hydrogen-bond acceptors (Lipinski definition) is 7. The molecule has 0 N–H and O–H groups in total. The van der Waals surface area contributed by atoms with E-state index in [1.54, 1.807) is 18.2 Å². The van der Waals surface area contributed by atoms with Crippen molar-refractivity contribution in [3.63, 3.8) is 0 Å². The molecule has 0 aromatic heterocycles. The number of imide groups is 3. The van der Waals surface area contributed by atoms with Crippen molar-refractivity contribution in [3.8, 4) is 0 Å². The standard InChI is InChI=1S/C23H19N3O7/c1-24-20(29)12-3-2-10(6-13(12)21(24)30)8-26-22(31)17-14-7-11(19(33-14)18(17)23(26)32)9-25-15(27)4-5-16(25)28/h2-3,6-7,14,17-19H,4-5,8-9H2,1H3. The summed E-state index contributed by atoms with van der Waals surface area (Å²) in [6.07, 6.45) is 0.911. The molecule has 4 atom stereocenters. The van der Waals surface area contributed by atoms with E-state index in [0.717, 1.165) is 4.90 Å². The molecule has 5 heterocycles. The first kappa shape index (κ1) is 20.0. The Morgan fingerprint density at radius 3 is 2.24 bits per heavy atom. The molecule has 6 rings (SSSR count). The summed E-state index contributed by atoms with van der Waals surface area (Å²) in [5.74, 6) is -3.34. The largest absolute Gasteiger partial charge is 0.365 e. The summed E-state index contributed by atoms with van der Waals surface area (Å²) < 4.78 is 5.87. The Morgan fingerprint density at radius 1 is 0.848 bits per heavy atom. The number of amides is 6. The van der Waals surface area contributed by atoms with Crippen LogP contribution in [0, 0.1) is 11.8 Å². The van der Waals surface area contributed by atoms with Crippen molar-refractivity contribution in [3.05, 3.63) is 46.5 Å². The SMILES string of the molecule is CN1C(=O)c2ccc(CN3C(=O)C4C5C=C(CN6C(=O)CCC6=O)C(O5)C4C3=O)cc2C1=O. The van der Waals surface area contributed by atoms with Crippen molar-refractivity contribution in [2.24, 2.45) is 11.8 Å². The molecule has 1 aromatic carbocycles. The van der Waals surface area contributed by atoms with Gasteiger partial charge in [-0.15, -0.1) is 0 Å². The van der Waals surface area contributed by atoms with Gasteiger partial charge in [-0.3, -0.25) is 43.5 Å². The molecule has 10 heteroatoms. The highest BCUT2D eigenvalue weighted by Gasteiger charge is 2.62. The van der Waals surface area contributed by atoms with Gasteiger partial charge in [0, 0.05) is 19.9 Å². The van der Waals surface area contributed by atoms with Crippen LogP contribution in [0.4, 0.5) is 0 Å². The molecular formula is C23H19N3O7. The van der Waals surface area contributed by atoms with Gasteiger partial charge in [-0.1, -0.05) is 12.1 Å². The van der Waals surface area contributed by atoms with E-state index >= 15 is 0 Å². The van der Waals surface area contributed by atoms with E-state index < -0.39 is 30.0 Å². The molecular weight excluding hydrogens is 430 g/mol. The minimum Gasteiger partial charge on any atom is -0.365 e. The Hall–Kier alpha value is -3.66. The molecule has 5 aliphatic heterocycles. The van der Waals surface area contributed by atoms with Crippen LogP contribution in [-0.2, 0) is 30.5 Å². The fourth-order valence-corrected chi connectivity index (χ4v) is 5.51. The fraction of sp³-hybridized carbons (Fsp3) is 0.391. The zero-order valence-electron chi connectivity index (χ0n) is 17.6. The van der Waals surface area contributed by atoms with Crippen molar-refractivity contribution >= 4 is 35.4 Å². The Bertz CT molecular complexity index is 1220. The second kappa shape index (κ2) is 6.67. The lowest BCUT2D eigenvalue weighted by molar-refractivity contribution is -0.143. The average Bonchev–Trinajstić information content (AvgIpc) is 3.56. The maximum atomic E-state index is 13.2. The first-order valence-corrected chi connectivity index (χ1v) is 10.8. The van der Waals surface area contributed by atoms with Gasteiger partial charge in [0.2, 0.25) is 23.6 Å². The number of ether oxygens (including phenoxy) is 1. The number of fused-ring (bicyclic) bond motifs is 6. The van der Waals surface area contributed by atoms with Crippen molar-refractivity contribution in [2.75, 3.05) is 13.6 Å². The van der Waals surface area contributed by atoms with Crippen molar-refractivity contribution in [1.29, 1.82) is 0 Å². The maximum absolute atomic E-state index is 13.2. The Kier molecular flexibility index (Phi) is 4.04. The summed E-state index contributed by atoms with van der Waals surface area (Å²) in [4.78, 5) is 78.1. The topological polar surface area (TPSA) is 121 Å². The van der Waals surface area contributed by atoms with E-state index in [1.807, 2.05) is 0 Å². The predicted molar refractivity (Wildman–Crippen MR) is 108 cm³/mol. The lowest BCUT2D eigenvalue weighted by atomic mass is 9.81. The second-order valence-corrected chi connectivity index (χ2v) is 9.00. The summed E-state index contributed by atoms with van der Waals surface area (Å²) >= 11 is 0. The van der Waals surface area contributed by atoms with E-state index in [9.17, 15) is 28.8 Å². The fourth-order valence-electron chi connectivity index (χ4n) is 5.51. The third-order valence-electron chi connectivity index (χ3n) is 7.21. The molecule has 5 aliphatic rings. The highest BCUT2D eigenvalue weighted by molar-refractivity contribution is 6.21. The van der Waals surface area contributed by atoms with E-state index in [-0.39, 0.29) is 61.0 Å². The monoisotopic (exact) mass is 449 g/mol. The van der Waals surface area contributed by atoms with Gasteiger partial charge in [-0.05, 0) is 23.3 Å². The molecule has 4 unspecified atom stereocenters. The normalized spacial score (nSPS) is 30.2. The van der Waals surface area contributed by atoms with Crippen LogP contribution in [-0.4, -0.2) is 75.9 Å². The molecule has 0 spiro atoms. The second-order valence-electron chi connectivity index (χ2n) is 9.00. The Balaban J connectivity index is 1.22. The number of nitrogens with zero attached hydrogens (tertiary/aromatic N) is 3. The first-order valence-electron chi connectivity index (χ1n) is 10.8. The third kappa shape index (κ3) is 2.64. The molecule has 0 saturated carbocycles. The summed E-state index contributed by atoms with van der Waals surface area (Å²) in [7, 11) is 1.41. The smallest absolute Gasteiger partial charge is 0.261 e. The Morgan fingerprint density at radius 2 is 1.52 bits per heavy atom. The van der Waals surface area contributed by atoms with Crippen LogP contribution in [0.15, 0.2) is 29.8 Å². The lowest BCUT2D eigenvalue weighted by Gasteiger charge is -2.22. The van der Waals surface area contributed by atoms with Crippen molar-refractivity contribution < 1.29 is 33.5 Å². The molecule has 0 radical (unpaired) electrons. The number of carbonyl (C=O) groups is 6. The van der Waals surface area contributed by atoms with Crippen LogP contribution in [0.3, 0.4) is 0 Å². The van der Waals surface area contributed by atoms with Gasteiger partial charge in [0.15, 0.2) is 0 Å². The number of carbonyl (C=O) groups excluding carboxylic acids is 6. The van der Waals surface area contributed by atoms with Gasteiger partial charge in [-0.25, -0.2) is 0 Å². The van der Waals surface area contributed by atoms with Crippen LogP contribution in [0.5, 0.6) is 0 Å². The zero-order valence-corrected chi connectivity index (χ0v) is 17.6. The average molecular weight is 449 g/mol. The third-order valence-corrected chi connectivity index (χ3v) is 7.21. The van der Waals surface area contributed by atoms with Gasteiger partial charge in [0.1, 0.15) is 0 Å². The molecule has 3 saturated heterocycles. The summed E-state index contributed by atoms with van der Waals surface area (Å²) in [6, 6.07) is 4.72. The maximum Gasteiger partial charge on any atom is 0.261 e. The van der Waals surface area contributed by atoms with Crippen LogP contribution in [0.1, 0.15) is 39.1 Å². The number of hydrogen-bond donors (Lipinski definition) is 0. The van der Waals surface area contributed by atoms with Gasteiger partial charge < -0.3 is 4.74 Å². The van der Waals surface area contributed by atoms with E-state index in [1.165, 1.54) is 22.9 Å². The summed E-state index contributed by atoms with van der Waals surface area (Å²) in [5, 5.41) is 0. The lowest BCUT2D eigenvalue weighted by Crippen LogP contribution is -2.37. The molecule has 0 aliphatic carbocycles. The molecule has 10 nitrogen and oxygen atoms in total. The minimum absolute atomic E-state index is 0.0129. The summed E-state index contributed by atoms with van der Waals surface area (Å²) in [5.41, 5.74) is 1.80. The molecule has 6 amide bonds. The van der Waals surface area contributed by atoms with Crippen LogP contribution in [0.25, 0.3) is 0 Å². The molecule has 168 valence electrons. The quantitative estimate of drug-likeness (QED) is 0.464. The van der Waals surface area contributed by atoms with Gasteiger partial charge in [-0.2, -0.15) is 0 Å². The van der Waals surface area contributed by atoms with Crippen LogP contribution >= 0.6 is 0 Å². The van der Waals surface area contributed by atoms with E-state index in [0.29, 0.717) is 16.7 Å². The Labute approximate surface area is 187 Å². The van der Waals surface area contributed by atoms with E-state index in [2.05, 4.69) is 0 Å². The van der Waals surface area contributed by atoms with Gasteiger partial charge in [0.05, 0.1) is 48.3 Å². The molecule has 33 heavy (non-hydrogen) atoms. The number of likely N-dealkylation sites (tertiary alicyclic amines) is 2. The van der Waals surface area contributed by atoms with Crippen molar-refractivity contribution in [2.45, 2.75) is 31.6 Å². The zero-order chi connectivity index (χ0) is 23.2. The van der Waals surface area contributed by atoms with Crippen LogP contribution < -0.4 is 0 Å². The number of benzene rings is 1. The van der Waals surface area contributed by atoms with Crippen molar-refractivity contribution in [1.82, 2.24) is 14.7 Å². The molecule has 2 bridgehead atoms. The first-order chi connectivity index (χ1) is 15.8. The number of rotatable bonds is 4. The highest BCUT2D eigenvalue weighted by Crippen LogP contribution is 2.48. The summed E-state index contributed by atoms with van der Waals surface area (Å²) in [6.45, 7) is 0.0685. The highest BCUT2D eigenvalue weighted by atomic mass is 16.5.